The van der Waals surface area contributed by atoms with Gasteiger partial charge in [0.25, 0.3) is 0 Å². The molecule has 1 heterocycles. The highest BCUT2D eigenvalue weighted by Gasteiger charge is 2.21. The lowest BCUT2D eigenvalue weighted by atomic mass is 10.0. The highest BCUT2D eigenvalue weighted by Crippen LogP contribution is 2.12. The Balaban J connectivity index is 2.22. The van der Waals surface area contributed by atoms with E-state index in [1.54, 1.807) is 7.11 Å². The van der Waals surface area contributed by atoms with Crippen molar-refractivity contribution >= 4 is 5.91 Å². The highest BCUT2D eigenvalue weighted by molar-refractivity contribution is 5.76. The molecule has 0 aliphatic carbocycles. The van der Waals surface area contributed by atoms with E-state index in [0.717, 1.165) is 32.4 Å². The van der Waals surface area contributed by atoms with Gasteiger partial charge < -0.3 is 15.0 Å². The number of piperidine rings is 1. The maximum Gasteiger partial charge on any atom is 0.222 e. The number of nitrogens with zero attached hydrogens (tertiary/aromatic N) is 1. The van der Waals surface area contributed by atoms with E-state index in [0.29, 0.717) is 12.5 Å². The molecule has 1 unspecified atom stereocenters. The molecule has 4 nitrogen and oxygen atoms in total. The zero-order valence-corrected chi connectivity index (χ0v) is 10.7. The minimum absolute atomic E-state index is 0.179. The van der Waals surface area contributed by atoms with Gasteiger partial charge in [0.05, 0.1) is 6.10 Å². The van der Waals surface area contributed by atoms with E-state index in [1.165, 1.54) is 0 Å². The maximum atomic E-state index is 11.9. The van der Waals surface area contributed by atoms with Gasteiger partial charge in [0.1, 0.15) is 0 Å². The fourth-order valence-electron chi connectivity index (χ4n) is 2.02. The predicted octanol–water partition coefficient (Wildman–Crippen LogP) is 1.01. The van der Waals surface area contributed by atoms with Crippen LogP contribution in [0.4, 0.5) is 0 Å². The third-order valence-corrected chi connectivity index (χ3v) is 3.42. The first kappa shape index (κ1) is 13.5. The first-order chi connectivity index (χ1) is 7.67. The van der Waals surface area contributed by atoms with Crippen molar-refractivity contribution in [1.82, 2.24) is 10.2 Å². The van der Waals surface area contributed by atoms with E-state index in [-0.39, 0.29) is 12.0 Å². The molecule has 0 aromatic carbocycles. The van der Waals surface area contributed by atoms with Gasteiger partial charge in [0.15, 0.2) is 0 Å². The first-order valence-corrected chi connectivity index (χ1v) is 6.15. The Morgan fingerprint density at radius 1 is 1.50 bits per heavy atom. The van der Waals surface area contributed by atoms with Crippen LogP contribution >= 0.6 is 0 Å². The first-order valence-electron chi connectivity index (χ1n) is 6.15. The summed E-state index contributed by atoms with van der Waals surface area (Å²) in [5.41, 5.74) is 0. The van der Waals surface area contributed by atoms with Gasteiger partial charge in [-0.1, -0.05) is 0 Å². The lowest BCUT2D eigenvalue weighted by Crippen LogP contribution is -2.44. The molecule has 1 fully saturated rings. The monoisotopic (exact) mass is 228 g/mol. The average Bonchev–Trinajstić information content (AvgIpc) is 2.35. The molecule has 0 bridgehead atoms. The minimum Gasteiger partial charge on any atom is -0.382 e. The Bertz CT molecular complexity index is 213. The largest absolute Gasteiger partial charge is 0.382 e. The van der Waals surface area contributed by atoms with Gasteiger partial charge in [0.2, 0.25) is 5.91 Å². The molecule has 1 aliphatic heterocycles. The summed E-state index contributed by atoms with van der Waals surface area (Å²) in [5, 5.41) is 3.26. The summed E-state index contributed by atoms with van der Waals surface area (Å²) < 4.78 is 5.14. The van der Waals surface area contributed by atoms with Crippen molar-refractivity contribution in [2.75, 3.05) is 27.2 Å². The van der Waals surface area contributed by atoms with Crippen molar-refractivity contribution in [3.8, 4) is 0 Å². The quantitative estimate of drug-likeness (QED) is 0.763. The number of ether oxygens (including phenoxy) is 1. The molecule has 0 aromatic rings. The van der Waals surface area contributed by atoms with Crippen LogP contribution in [0.3, 0.4) is 0 Å². The van der Waals surface area contributed by atoms with Crippen molar-refractivity contribution in [2.45, 2.75) is 44.8 Å². The number of hydrogen-bond donors (Lipinski definition) is 1. The highest BCUT2D eigenvalue weighted by atomic mass is 16.5. The van der Waals surface area contributed by atoms with E-state index < -0.39 is 0 Å². The van der Waals surface area contributed by atoms with Gasteiger partial charge in [-0.2, -0.15) is 0 Å². The van der Waals surface area contributed by atoms with E-state index >= 15 is 0 Å². The van der Waals surface area contributed by atoms with Crippen molar-refractivity contribution < 1.29 is 9.53 Å². The Morgan fingerprint density at radius 2 is 2.12 bits per heavy atom. The maximum absolute atomic E-state index is 11.9. The Kier molecular flexibility index (Phi) is 5.77. The third kappa shape index (κ3) is 4.10. The number of carbonyl (C=O) groups excluding carboxylic acids is 1. The van der Waals surface area contributed by atoms with Crippen LogP contribution in [0, 0.1) is 0 Å². The summed E-state index contributed by atoms with van der Waals surface area (Å²) in [6.07, 6.45) is 3.75. The molecule has 0 aromatic heterocycles. The topological polar surface area (TPSA) is 41.6 Å². The zero-order chi connectivity index (χ0) is 12.0. The molecule has 16 heavy (non-hydrogen) atoms. The molecule has 1 saturated heterocycles. The fourth-order valence-corrected chi connectivity index (χ4v) is 2.02. The van der Waals surface area contributed by atoms with Crippen molar-refractivity contribution in [2.24, 2.45) is 0 Å². The Morgan fingerprint density at radius 3 is 2.62 bits per heavy atom. The van der Waals surface area contributed by atoms with Crippen molar-refractivity contribution in [1.29, 1.82) is 0 Å². The van der Waals surface area contributed by atoms with E-state index in [1.807, 2.05) is 18.9 Å². The number of amides is 1. The van der Waals surface area contributed by atoms with Crippen LogP contribution < -0.4 is 5.32 Å². The molecule has 4 heteroatoms. The molecule has 1 amide bonds. The van der Waals surface area contributed by atoms with Crippen molar-refractivity contribution in [3.05, 3.63) is 0 Å². The van der Waals surface area contributed by atoms with Crippen LogP contribution in [0.2, 0.25) is 0 Å². The molecule has 1 aliphatic rings. The molecule has 1 atom stereocenters. The number of nitrogens with one attached hydrogen (secondary N) is 1. The molecule has 94 valence electrons. The van der Waals surface area contributed by atoms with Crippen LogP contribution in [-0.4, -0.2) is 50.2 Å². The molecule has 0 radical (unpaired) electrons. The zero-order valence-electron chi connectivity index (χ0n) is 10.7. The standard InChI is InChI=1S/C12H24N2O2/c1-10(16-3)4-5-12(15)14-8-6-11(13-2)7-9-14/h10-11,13H,4-9H2,1-3H3. The van der Waals surface area contributed by atoms with Crippen LogP contribution in [0.15, 0.2) is 0 Å². The second-order valence-electron chi connectivity index (χ2n) is 4.53. The summed E-state index contributed by atoms with van der Waals surface area (Å²) >= 11 is 0. The molecule has 1 N–H and O–H groups in total. The van der Waals surface area contributed by atoms with E-state index in [2.05, 4.69) is 5.32 Å². The average molecular weight is 228 g/mol. The summed E-state index contributed by atoms with van der Waals surface area (Å²) in [5.74, 6) is 0.276. The van der Waals surface area contributed by atoms with Gasteiger partial charge in [-0.25, -0.2) is 0 Å². The SMILES string of the molecule is CNC1CCN(C(=O)CCC(C)OC)CC1. The van der Waals surface area contributed by atoms with Gasteiger partial charge in [-0.15, -0.1) is 0 Å². The predicted molar refractivity (Wildman–Crippen MR) is 64.4 cm³/mol. The van der Waals surface area contributed by atoms with Crippen molar-refractivity contribution in [3.63, 3.8) is 0 Å². The molecule has 0 saturated carbocycles. The number of rotatable bonds is 5. The van der Waals surface area contributed by atoms with Crippen LogP contribution in [0.5, 0.6) is 0 Å². The van der Waals surface area contributed by atoms with E-state index in [4.69, 9.17) is 4.74 Å². The second kappa shape index (κ2) is 6.86. The third-order valence-electron chi connectivity index (χ3n) is 3.42. The van der Waals surface area contributed by atoms with Gasteiger partial charge in [-0.3, -0.25) is 4.79 Å². The lowest BCUT2D eigenvalue weighted by Gasteiger charge is -2.32. The molecule has 1 rings (SSSR count). The van der Waals surface area contributed by atoms with Crippen LogP contribution in [0.1, 0.15) is 32.6 Å². The van der Waals surface area contributed by atoms with Gasteiger partial charge >= 0.3 is 0 Å². The Hall–Kier alpha value is -0.610. The number of likely N-dealkylation sites (tertiary alicyclic amines) is 1. The summed E-state index contributed by atoms with van der Waals surface area (Å²) in [4.78, 5) is 13.8. The van der Waals surface area contributed by atoms with Crippen LogP contribution in [0.25, 0.3) is 0 Å². The molecular weight excluding hydrogens is 204 g/mol. The summed E-state index contributed by atoms with van der Waals surface area (Å²) in [6, 6.07) is 0.585. The normalized spacial score (nSPS) is 19.8. The fraction of sp³-hybridized carbons (Fsp3) is 0.917. The Labute approximate surface area is 98.3 Å². The number of methoxy groups -OCH3 is 1. The summed E-state index contributed by atoms with van der Waals surface area (Å²) in [7, 11) is 3.68. The van der Waals surface area contributed by atoms with Crippen LogP contribution in [-0.2, 0) is 9.53 Å². The van der Waals surface area contributed by atoms with Gasteiger partial charge in [-0.05, 0) is 33.2 Å². The second-order valence-corrected chi connectivity index (χ2v) is 4.53. The minimum atomic E-state index is 0.179. The molecular formula is C12H24N2O2. The molecule has 0 spiro atoms. The number of carbonyl (C=O) groups is 1. The number of hydrogen-bond acceptors (Lipinski definition) is 3. The summed E-state index contributed by atoms with van der Waals surface area (Å²) in [6.45, 7) is 3.79. The lowest BCUT2D eigenvalue weighted by molar-refractivity contribution is -0.132. The van der Waals surface area contributed by atoms with E-state index in [9.17, 15) is 4.79 Å². The van der Waals surface area contributed by atoms with Gasteiger partial charge in [0, 0.05) is 32.7 Å². The smallest absolute Gasteiger partial charge is 0.222 e.